The van der Waals surface area contributed by atoms with Crippen LogP contribution in [0.15, 0.2) is 25.3 Å². The van der Waals surface area contributed by atoms with Gasteiger partial charge >= 0.3 is 23.7 Å². The smallest absolute Gasteiger partial charge is 0.481 e. The molecule has 55 heavy (non-hydrogen) atoms. The standard InChI is InChI=1S/C44H63NO10/c1-9-30-31(55-38(51)54-30)25-53-37(50)44(8)32-11-16-43(7)34(41(32,5)15-12-33(44)45-21-13-26(14-22-45)35(47)52-10-2)29(46)23-27-28-24-40(4,36(48)49)18-17-39(28,3)19-20-42(27,43)6/h23,26,28,32-34H,9-22,24-25H2,1-8H3,(H,48,49)/t28-,32?,33-,34+,39+,40-,41-,42+,43+,44-/m0/s1. The van der Waals surface area contributed by atoms with E-state index in [0.717, 1.165) is 44.1 Å². The van der Waals surface area contributed by atoms with Crippen molar-refractivity contribution in [2.45, 2.75) is 145 Å². The highest BCUT2D eigenvalue weighted by Gasteiger charge is 2.72. The molecule has 1 aliphatic heterocycles. The van der Waals surface area contributed by atoms with Crippen molar-refractivity contribution >= 4 is 23.7 Å². The Bertz CT molecular complexity index is 1820. The van der Waals surface area contributed by atoms with Crippen LogP contribution in [0.4, 0.5) is 0 Å². The lowest BCUT2D eigenvalue weighted by atomic mass is 9.33. The number of allylic oxidation sites excluding steroid dienone is 2. The molecule has 0 spiro atoms. The lowest BCUT2D eigenvalue weighted by Gasteiger charge is -2.71. The Labute approximate surface area is 325 Å². The summed E-state index contributed by atoms with van der Waals surface area (Å²) in [4.78, 5) is 69.6. The predicted octanol–water partition coefficient (Wildman–Crippen LogP) is 7.53. The second kappa shape index (κ2) is 13.7. The van der Waals surface area contributed by atoms with E-state index in [2.05, 4.69) is 32.6 Å². The number of aryl methyl sites for hydroxylation is 1. The third kappa shape index (κ3) is 5.93. The van der Waals surface area contributed by atoms with Crippen molar-refractivity contribution in [1.82, 2.24) is 4.90 Å². The number of aliphatic carboxylic acids is 1. The van der Waals surface area contributed by atoms with Crippen LogP contribution >= 0.6 is 0 Å². The second-order valence-corrected chi connectivity index (χ2v) is 19.7. The van der Waals surface area contributed by atoms with Gasteiger partial charge in [0.25, 0.3) is 0 Å². The molecule has 304 valence electrons. The fourth-order valence-corrected chi connectivity index (χ4v) is 13.6. The number of likely N-dealkylation sites (tertiary alicyclic amines) is 1. The SMILES string of the molecule is CCOC(=O)C1CCN([C@H]2CC[C@@]3(C)C(CC[C@]4(C)[C@@H]3C(=O)C=C3[C@@H]5C[C@@](C)(C(=O)O)CC[C@]5(C)CC[C@]34C)[C@]2(C)C(=O)OCc2oc(=O)oc2CC)CC1. The quantitative estimate of drug-likeness (QED) is 0.261. The van der Waals surface area contributed by atoms with Crippen molar-refractivity contribution in [3.05, 3.63) is 33.8 Å². The van der Waals surface area contributed by atoms with E-state index in [1.807, 2.05) is 33.8 Å². The summed E-state index contributed by atoms with van der Waals surface area (Å²) in [6.07, 6.45) is 10.6. The van der Waals surface area contributed by atoms with Crippen molar-refractivity contribution in [2.75, 3.05) is 19.7 Å². The molecule has 0 bridgehead atoms. The number of hydrogen-bond acceptors (Lipinski definition) is 10. The number of fused-ring (bicyclic) bond motifs is 7. The number of ketones is 1. The molecule has 1 N–H and O–H groups in total. The number of rotatable bonds is 8. The van der Waals surface area contributed by atoms with Crippen LogP contribution in [-0.2, 0) is 41.7 Å². The molecule has 1 aromatic heterocycles. The van der Waals surface area contributed by atoms with Gasteiger partial charge in [-0.05, 0) is 144 Å². The molecule has 11 heteroatoms. The zero-order valence-electron chi connectivity index (χ0n) is 34.3. The first-order valence-electron chi connectivity index (χ1n) is 21.0. The molecule has 1 unspecified atom stereocenters. The molecule has 7 rings (SSSR count). The monoisotopic (exact) mass is 765 g/mol. The topological polar surface area (TPSA) is 154 Å². The highest BCUT2D eigenvalue weighted by atomic mass is 16.6. The van der Waals surface area contributed by atoms with Gasteiger partial charge in [-0.2, -0.15) is 0 Å². The molecule has 2 heterocycles. The van der Waals surface area contributed by atoms with Gasteiger partial charge in [0.05, 0.1) is 23.4 Å². The third-order valence-electron chi connectivity index (χ3n) is 17.1. The van der Waals surface area contributed by atoms with Crippen molar-refractivity contribution < 1.29 is 42.6 Å². The lowest BCUT2D eigenvalue weighted by Crippen LogP contribution is -2.70. The fraction of sp³-hybridized carbons (Fsp3) is 0.795. The number of hydrogen-bond donors (Lipinski definition) is 1. The Hall–Kier alpha value is -3.21. The summed E-state index contributed by atoms with van der Waals surface area (Å²) in [6, 6.07) is -0.181. The largest absolute Gasteiger partial charge is 0.519 e. The average molecular weight is 766 g/mol. The number of nitrogens with zero attached hydrogens (tertiary/aromatic N) is 1. The lowest BCUT2D eigenvalue weighted by molar-refractivity contribution is -0.213. The van der Waals surface area contributed by atoms with Gasteiger partial charge in [-0.15, -0.1) is 0 Å². The zero-order valence-corrected chi connectivity index (χ0v) is 34.3. The molecule has 10 atom stereocenters. The molecule has 1 aromatic rings. The van der Waals surface area contributed by atoms with Crippen LogP contribution in [0.1, 0.15) is 138 Å². The second-order valence-electron chi connectivity index (χ2n) is 19.7. The van der Waals surface area contributed by atoms with Crippen LogP contribution in [0, 0.1) is 56.2 Å². The number of ether oxygens (including phenoxy) is 2. The van der Waals surface area contributed by atoms with Gasteiger partial charge < -0.3 is 23.4 Å². The van der Waals surface area contributed by atoms with E-state index in [0.29, 0.717) is 64.0 Å². The summed E-state index contributed by atoms with van der Waals surface area (Å²) in [5.41, 5.74) is -1.92. The highest BCUT2D eigenvalue weighted by molar-refractivity contribution is 5.96. The molecule has 4 saturated carbocycles. The molecular formula is C44H63NO10. The van der Waals surface area contributed by atoms with Crippen LogP contribution in [0.2, 0.25) is 0 Å². The summed E-state index contributed by atoms with van der Waals surface area (Å²) < 4.78 is 22.0. The number of esters is 2. The summed E-state index contributed by atoms with van der Waals surface area (Å²) in [6.45, 7) is 18.2. The van der Waals surface area contributed by atoms with Crippen molar-refractivity contribution in [2.24, 2.45) is 56.2 Å². The van der Waals surface area contributed by atoms with Gasteiger partial charge in [0, 0.05) is 18.4 Å². The molecule has 1 saturated heterocycles. The minimum absolute atomic E-state index is 0.0258. The maximum absolute atomic E-state index is 15.1. The maximum atomic E-state index is 15.1. The van der Waals surface area contributed by atoms with Crippen LogP contribution in [0.25, 0.3) is 0 Å². The van der Waals surface area contributed by atoms with Gasteiger partial charge in [0.1, 0.15) is 0 Å². The maximum Gasteiger partial charge on any atom is 0.519 e. The van der Waals surface area contributed by atoms with Crippen LogP contribution < -0.4 is 5.82 Å². The number of carbonyl (C=O) groups is 4. The van der Waals surface area contributed by atoms with Crippen LogP contribution in [0.5, 0.6) is 0 Å². The van der Waals surface area contributed by atoms with Gasteiger partial charge in [0.2, 0.25) is 0 Å². The number of carboxylic acid groups (broad SMARTS) is 1. The van der Waals surface area contributed by atoms with E-state index < -0.39 is 28.0 Å². The minimum atomic E-state index is -1.01. The van der Waals surface area contributed by atoms with E-state index in [9.17, 15) is 24.3 Å². The van der Waals surface area contributed by atoms with E-state index >= 15 is 4.79 Å². The van der Waals surface area contributed by atoms with E-state index in [1.165, 1.54) is 0 Å². The van der Waals surface area contributed by atoms with E-state index in [4.69, 9.17) is 18.3 Å². The molecule has 5 aliphatic carbocycles. The number of carbonyl (C=O) groups excluding carboxylic acids is 3. The Morgan fingerprint density at radius 1 is 0.855 bits per heavy atom. The van der Waals surface area contributed by atoms with Crippen molar-refractivity contribution in [3.8, 4) is 0 Å². The molecule has 0 radical (unpaired) electrons. The molecular weight excluding hydrogens is 702 g/mol. The van der Waals surface area contributed by atoms with Gasteiger partial charge in [-0.1, -0.05) is 40.2 Å². The minimum Gasteiger partial charge on any atom is -0.481 e. The molecule has 0 amide bonds. The van der Waals surface area contributed by atoms with Gasteiger partial charge in [-0.25, -0.2) is 4.79 Å². The zero-order chi connectivity index (χ0) is 39.9. The molecule has 0 aromatic carbocycles. The molecule has 11 nitrogen and oxygen atoms in total. The van der Waals surface area contributed by atoms with Gasteiger partial charge in [0.15, 0.2) is 23.9 Å². The summed E-state index contributed by atoms with van der Waals surface area (Å²) in [7, 11) is 0. The van der Waals surface area contributed by atoms with Crippen LogP contribution in [-0.4, -0.2) is 59.4 Å². The first-order chi connectivity index (χ1) is 25.8. The Morgan fingerprint density at radius 2 is 1.53 bits per heavy atom. The first-order valence-corrected chi connectivity index (χ1v) is 21.0. The normalized spacial score (nSPS) is 41.9. The first kappa shape index (κ1) is 40.0. The van der Waals surface area contributed by atoms with Gasteiger partial charge in [-0.3, -0.25) is 24.1 Å². The summed E-state index contributed by atoms with van der Waals surface area (Å²) in [5.74, 6) is -2.09. The fourth-order valence-electron chi connectivity index (χ4n) is 13.6. The Morgan fingerprint density at radius 3 is 2.18 bits per heavy atom. The molecule has 6 aliphatic rings. The van der Waals surface area contributed by atoms with E-state index in [-0.39, 0.29) is 76.0 Å². The number of carboxylic acids is 1. The predicted molar refractivity (Wildman–Crippen MR) is 203 cm³/mol. The summed E-state index contributed by atoms with van der Waals surface area (Å²) >= 11 is 0. The van der Waals surface area contributed by atoms with Crippen molar-refractivity contribution in [3.63, 3.8) is 0 Å². The third-order valence-corrected chi connectivity index (χ3v) is 17.1. The number of piperidine rings is 1. The van der Waals surface area contributed by atoms with Crippen molar-refractivity contribution in [1.29, 1.82) is 0 Å². The highest BCUT2D eigenvalue weighted by Crippen LogP contribution is 2.75. The molecule has 5 fully saturated rings. The average Bonchev–Trinajstić information content (AvgIpc) is 3.51. The summed E-state index contributed by atoms with van der Waals surface area (Å²) in [5, 5.41) is 10.3. The van der Waals surface area contributed by atoms with E-state index in [1.54, 1.807) is 0 Å². The Kier molecular flexibility index (Phi) is 9.98. The van der Waals surface area contributed by atoms with Crippen LogP contribution in [0.3, 0.4) is 0 Å². The Balaban J connectivity index is 1.25.